The standard InChI is InChI=1S/C51H50O16/c1-2-3-29-59-50-44(66-49(58)36-27-17-8-18-28-36)42(64-47(56)34-23-13-6-14-24-34)40(38(62-50)31-60-45(54)32-19-9-4-10-20-32)67-51-43(65-48(57)35-25-15-7-16-26-35)41(39(53)37(30-52)61-51)63-46(55)33-21-11-5-12-22-33/h4-28,37-44,50-53H,2-3,29-31H2,1H3/t37?,38?,39-,40+,41?,42?,43-,44-,50+,51-/m0/s1. The van der Waals surface area contributed by atoms with Gasteiger partial charge >= 0.3 is 29.8 Å². The number of aliphatic hydroxyl groups is 2. The lowest BCUT2D eigenvalue weighted by Gasteiger charge is -2.48. The zero-order valence-electron chi connectivity index (χ0n) is 36.4. The number of esters is 5. The number of hydrogen-bond donors (Lipinski definition) is 2. The van der Waals surface area contributed by atoms with Crippen LogP contribution < -0.4 is 0 Å². The molecule has 16 heteroatoms. The van der Waals surface area contributed by atoms with Crippen molar-refractivity contribution in [2.24, 2.45) is 0 Å². The summed E-state index contributed by atoms with van der Waals surface area (Å²) in [5, 5.41) is 22.2. The summed E-state index contributed by atoms with van der Waals surface area (Å²) in [6, 6.07) is 39.6. The first-order valence-corrected chi connectivity index (χ1v) is 21.8. The minimum Gasteiger partial charge on any atom is -0.459 e. The molecular formula is C51H50O16. The van der Waals surface area contributed by atoms with Crippen LogP contribution in [0.1, 0.15) is 71.6 Å². The van der Waals surface area contributed by atoms with Crippen LogP contribution in [0.2, 0.25) is 0 Å². The fourth-order valence-electron chi connectivity index (χ4n) is 7.36. The maximum absolute atomic E-state index is 14.2. The molecule has 0 amide bonds. The second-order valence-electron chi connectivity index (χ2n) is 15.5. The fraction of sp³-hybridized carbons (Fsp3) is 0.314. The Morgan fingerprint density at radius 1 is 0.478 bits per heavy atom. The molecule has 2 saturated heterocycles. The van der Waals surface area contributed by atoms with Gasteiger partial charge in [-0.3, -0.25) is 0 Å². The van der Waals surface area contributed by atoms with Gasteiger partial charge in [0, 0.05) is 6.61 Å². The molecule has 0 aliphatic carbocycles. The molecule has 350 valence electrons. The maximum Gasteiger partial charge on any atom is 0.338 e. The van der Waals surface area contributed by atoms with Crippen LogP contribution in [0.5, 0.6) is 0 Å². The molecule has 2 heterocycles. The van der Waals surface area contributed by atoms with Gasteiger partial charge in [-0.1, -0.05) is 104 Å². The smallest absolute Gasteiger partial charge is 0.338 e. The van der Waals surface area contributed by atoms with Crippen LogP contribution in [0, 0.1) is 0 Å². The van der Waals surface area contributed by atoms with E-state index in [1.54, 1.807) is 91.0 Å². The first-order chi connectivity index (χ1) is 32.6. The Morgan fingerprint density at radius 3 is 1.27 bits per heavy atom. The van der Waals surface area contributed by atoms with E-state index in [1.807, 2.05) is 6.92 Å². The largest absolute Gasteiger partial charge is 0.459 e. The van der Waals surface area contributed by atoms with Crippen molar-refractivity contribution in [3.05, 3.63) is 179 Å². The molecule has 2 N–H and O–H groups in total. The van der Waals surface area contributed by atoms with Crippen molar-refractivity contribution < 1.29 is 76.8 Å². The Hall–Kier alpha value is -6.79. The summed E-state index contributed by atoms with van der Waals surface area (Å²) >= 11 is 0. The summed E-state index contributed by atoms with van der Waals surface area (Å²) in [7, 11) is 0. The van der Waals surface area contributed by atoms with Gasteiger partial charge in [0.1, 0.15) is 31.0 Å². The number of hydrogen-bond acceptors (Lipinski definition) is 16. The molecule has 0 bridgehead atoms. The number of aliphatic hydroxyl groups excluding tert-OH is 2. The minimum absolute atomic E-state index is 0.0643. The van der Waals surface area contributed by atoms with Crippen molar-refractivity contribution >= 4 is 29.8 Å². The third-order valence-corrected chi connectivity index (χ3v) is 10.9. The van der Waals surface area contributed by atoms with Crippen LogP contribution in [0.25, 0.3) is 0 Å². The zero-order valence-corrected chi connectivity index (χ0v) is 36.4. The van der Waals surface area contributed by atoms with Crippen molar-refractivity contribution in [2.75, 3.05) is 19.8 Å². The molecule has 16 nitrogen and oxygen atoms in total. The minimum atomic E-state index is -1.89. The maximum atomic E-state index is 14.2. The Bertz CT molecular complexity index is 2370. The number of rotatable bonds is 18. The molecule has 7 rings (SSSR count). The second kappa shape index (κ2) is 23.6. The summed E-state index contributed by atoms with van der Waals surface area (Å²) in [5.74, 6) is -4.39. The van der Waals surface area contributed by atoms with E-state index < -0.39 is 104 Å². The van der Waals surface area contributed by atoms with E-state index >= 15 is 0 Å². The van der Waals surface area contributed by atoms with Gasteiger partial charge in [0.25, 0.3) is 0 Å². The number of carbonyl (C=O) groups is 5. The van der Waals surface area contributed by atoms with Crippen molar-refractivity contribution in [3.63, 3.8) is 0 Å². The van der Waals surface area contributed by atoms with Gasteiger partial charge in [0.2, 0.25) is 0 Å². The molecule has 0 aromatic heterocycles. The van der Waals surface area contributed by atoms with E-state index in [2.05, 4.69) is 0 Å². The van der Waals surface area contributed by atoms with Crippen molar-refractivity contribution in [1.29, 1.82) is 0 Å². The average molecular weight is 919 g/mol. The number of benzene rings is 5. The highest BCUT2D eigenvalue weighted by Crippen LogP contribution is 2.36. The van der Waals surface area contributed by atoms with Gasteiger partial charge < -0.3 is 52.8 Å². The quantitative estimate of drug-likeness (QED) is 0.0609. The van der Waals surface area contributed by atoms with Crippen LogP contribution in [0.15, 0.2) is 152 Å². The van der Waals surface area contributed by atoms with Gasteiger partial charge in [-0.2, -0.15) is 0 Å². The molecule has 0 saturated carbocycles. The van der Waals surface area contributed by atoms with Crippen LogP contribution in [-0.4, -0.2) is 121 Å². The summed E-state index contributed by atoms with van der Waals surface area (Å²) in [6.45, 7) is 0.584. The highest BCUT2D eigenvalue weighted by atomic mass is 16.8. The van der Waals surface area contributed by atoms with E-state index in [0.717, 1.165) is 0 Å². The first-order valence-electron chi connectivity index (χ1n) is 21.8. The van der Waals surface area contributed by atoms with Gasteiger partial charge in [-0.15, -0.1) is 0 Å². The van der Waals surface area contributed by atoms with Crippen LogP contribution in [0.4, 0.5) is 0 Å². The highest BCUT2D eigenvalue weighted by Gasteiger charge is 2.57. The van der Waals surface area contributed by atoms with Crippen LogP contribution in [-0.2, 0) is 42.6 Å². The molecule has 0 radical (unpaired) electrons. The predicted molar refractivity (Wildman–Crippen MR) is 235 cm³/mol. The molecule has 10 atom stereocenters. The third-order valence-electron chi connectivity index (χ3n) is 10.9. The van der Waals surface area contributed by atoms with E-state index in [4.69, 9.17) is 42.6 Å². The summed E-state index contributed by atoms with van der Waals surface area (Å²) in [4.78, 5) is 69.2. The highest BCUT2D eigenvalue weighted by molar-refractivity contribution is 5.92. The normalized spacial score (nSPS) is 24.6. The fourth-order valence-corrected chi connectivity index (χ4v) is 7.36. The first kappa shape index (κ1) is 48.2. The second-order valence-corrected chi connectivity index (χ2v) is 15.5. The van der Waals surface area contributed by atoms with Crippen LogP contribution in [0.3, 0.4) is 0 Å². The lowest BCUT2D eigenvalue weighted by molar-refractivity contribution is -0.356. The zero-order chi connectivity index (χ0) is 47.1. The van der Waals surface area contributed by atoms with E-state index in [9.17, 15) is 34.2 Å². The molecule has 5 aromatic rings. The van der Waals surface area contributed by atoms with Gasteiger partial charge in [0.15, 0.2) is 37.0 Å². The Kier molecular flexibility index (Phi) is 17.0. The van der Waals surface area contributed by atoms with Crippen molar-refractivity contribution in [3.8, 4) is 0 Å². The Labute approximate surface area is 386 Å². The van der Waals surface area contributed by atoms with E-state index in [1.165, 1.54) is 60.7 Å². The van der Waals surface area contributed by atoms with E-state index in [-0.39, 0.29) is 34.4 Å². The lowest BCUT2D eigenvalue weighted by Crippen LogP contribution is -2.67. The molecule has 2 fully saturated rings. The number of unbranched alkanes of at least 4 members (excludes halogenated alkanes) is 1. The predicted octanol–water partition coefficient (Wildman–Crippen LogP) is 5.75. The average Bonchev–Trinajstić information content (AvgIpc) is 3.37. The van der Waals surface area contributed by atoms with Gasteiger partial charge in [-0.05, 0) is 67.1 Å². The summed E-state index contributed by atoms with van der Waals surface area (Å²) in [6.07, 6.45) is -15.5. The molecule has 67 heavy (non-hydrogen) atoms. The van der Waals surface area contributed by atoms with Crippen LogP contribution >= 0.6 is 0 Å². The summed E-state index contributed by atoms with van der Waals surface area (Å²) in [5.41, 5.74) is 0.564. The number of ether oxygens (including phenoxy) is 9. The van der Waals surface area contributed by atoms with Gasteiger partial charge in [-0.25, -0.2) is 24.0 Å². The molecular weight excluding hydrogens is 869 g/mol. The molecule has 2 aliphatic rings. The lowest BCUT2D eigenvalue weighted by atomic mass is 9.96. The third kappa shape index (κ3) is 12.4. The topological polar surface area (TPSA) is 209 Å². The van der Waals surface area contributed by atoms with E-state index in [0.29, 0.717) is 12.8 Å². The molecule has 2 aliphatic heterocycles. The Balaban J connectivity index is 1.33. The SMILES string of the molecule is CCCCO[C@@H]1OC(COC(=O)c2ccccc2)[C@@H](O[C@@H]2OC(CO)[C@H](O)C(OC(=O)c3ccccc3)[C@@H]2OC(=O)c2ccccc2)C(OC(=O)c2ccccc2)[C@@H]1OC(=O)c1ccccc1. The van der Waals surface area contributed by atoms with Crippen molar-refractivity contribution in [2.45, 2.75) is 81.2 Å². The summed E-state index contributed by atoms with van der Waals surface area (Å²) < 4.78 is 55.7. The number of carbonyl (C=O) groups excluding carboxylic acids is 5. The monoisotopic (exact) mass is 918 g/mol. The Morgan fingerprint density at radius 2 is 0.851 bits per heavy atom. The van der Waals surface area contributed by atoms with Crippen molar-refractivity contribution in [1.82, 2.24) is 0 Å². The molecule has 5 aromatic carbocycles. The molecule has 0 spiro atoms. The van der Waals surface area contributed by atoms with Gasteiger partial charge in [0.05, 0.1) is 34.4 Å². The molecule has 4 unspecified atom stereocenters.